The van der Waals surface area contributed by atoms with Gasteiger partial charge in [-0.2, -0.15) is 11.8 Å². The molecule has 2 aromatic rings. The molecule has 6 N–H and O–H groups in total. The Morgan fingerprint density at radius 1 is 0.789 bits per heavy atom. The maximum atomic E-state index is 13.4. The van der Waals surface area contributed by atoms with Crippen LogP contribution in [0.1, 0.15) is 31.4 Å². The quantitative estimate of drug-likeness (QED) is 0.230. The predicted octanol–water partition coefficient (Wildman–Crippen LogP) is 1.75. The highest BCUT2D eigenvalue weighted by atomic mass is 32.2. The van der Waals surface area contributed by atoms with Crippen LogP contribution in [0.4, 0.5) is 0 Å². The molecule has 2 rings (SSSR count). The van der Waals surface area contributed by atoms with Crippen LogP contribution < -0.4 is 21.7 Å². The van der Waals surface area contributed by atoms with Gasteiger partial charge < -0.3 is 26.8 Å². The van der Waals surface area contributed by atoms with Crippen LogP contribution in [0.25, 0.3) is 0 Å². The monoisotopic (exact) mass is 542 g/mol. The third-order valence-corrected chi connectivity index (χ3v) is 6.67. The Morgan fingerprint density at radius 3 is 1.79 bits per heavy atom. The molecule has 10 heteroatoms. The van der Waals surface area contributed by atoms with E-state index in [1.807, 2.05) is 66.9 Å². The van der Waals surface area contributed by atoms with Crippen LogP contribution in [0.2, 0.25) is 0 Å². The summed E-state index contributed by atoms with van der Waals surface area (Å²) in [6, 6.07) is 14.6. The Balaban J connectivity index is 2.19. The van der Waals surface area contributed by atoms with E-state index in [1.54, 1.807) is 13.8 Å². The molecule has 0 spiro atoms. The Morgan fingerprint density at radius 2 is 1.29 bits per heavy atom. The molecule has 4 unspecified atom stereocenters. The summed E-state index contributed by atoms with van der Waals surface area (Å²) in [5.41, 5.74) is 7.87. The van der Waals surface area contributed by atoms with Gasteiger partial charge in [-0.3, -0.25) is 14.4 Å². The van der Waals surface area contributed by atoms with E-state index in [4.69, 9.17) is 5.73 Å². The molecular formula is C28H38N4O5S. The number of carbonyl (C=O) groups is 4. The first-order valence-electron chi connectivity index (χ1n) is 12.6. The lowest BCUT2D eigenvalue weighted by atomic mass is 10.0. The highest BCUT2D eigenvalue weighted by molar-refractivity contribution is 7.98. The van der Waals surface area contributed by atoms with Gasteiger partial charge in [-0.05, 0) is 41.9 Å². The van der Waals surface area contributed by atoms with Gasteiger partial charge >= 0.3 is 5.97 Å². The van der Waals surface area contributed by atoms with E-state index in [0.717, 1.165) is 11.1 Å². The normalized spacial score (nSPS) is 14.1. The zero-order valence-corrected chi connectivity index (χ0v) is 22.9. The number of nitrogens with one attached hydrogen (secondary N) is 3. The molecule has 9 nitrogen and oxygen atoms in total. The van der Waals surface area contributed by atoms with Gasteiger partial charge in [-0.15, -0.1) is 0 Å². The van der Waals surface area contributed by atoms with Crippen LogP contribution in [0.5, 0.6) is 0 Å². The number of carbonyl (C=O) groups excluding carboxylic acids is 3. The summed E-state index contributed by atoms with van der Waals surface area (Å²) < 4.78 is 0. The number of carboxylic acid groups (broad SMARTS) is 1. The van der Waals surface area contributed by atoms with E-state index < -0.39 is 47.9 Å². The number of hydrogen-bond acceptors (Lipinski definition) is 6. The van der Waals surface area contributed by atoms with Crippen molar-refractivity contribution in [3.05, 3.63) is 71.8 Å². The van der Waals surface area contributed by atoms with Crippen LogP contribution in [0, 0.1) is 5.92 Å². The summed E-state index contributed by atoms with van der Waals surface area (Å²) in [7, 11) is 0. The lowest BCUT2D eigenvalue weighted by Gasteiger charge is -2.26. The Labute approximate surface area is 228 Å². The Hall–Kier alpha value is -3.37. The molecule has 0 fully saturated rings. The van der Waals surface area contributed by atoms with Crippen molar-refractivity contribution in [1.29, 1.82) is 0 Å². The first-order valence-corrected chi connectivity index (χ1v) is 14.0. The third-order valence-electron chi connectivity index (χ3n) is 6.02. The highest BCUT2D eigenvalue weighted by Crippen LogP contribution is 2.09. The van der Waals surface area contributed by atoms with E-state index in [9.17, 15) is 24.3 Å². The molecule has 0 heterocycles. The number of hydrogen-bond donors (Lipinski definition) is 5. The second kappa shape index (κ2) is 15.8. The molecular weight excluding hydrogens is 504 g/mol. The molecule has 0 aliphatic carbocycles. The van der Waals surface area contributed by atoms with E-state index in [1.165, 1.54) is 11.8 Å². The van der Waals surface area contributed by atoms with Gasteiger partial charge in [0.05, 0.1) is 6.04 Å². The minimum atomic E-state index is -1.15. The van der Waals surface area contributed by atoms with E-state index in [0.29, 0.717) is 18.6 Å². The second-order valence-corrected chi connectivity index (χ2v) is 10.4. The Kier molecular flexibility index (Phi) is 12.8. The maximum absolute atomic E-state index is 13.4. The minimum absolute atomic E-state index is 0.192. The fraction of sp³-hybridized carbons (Fsp3) is 0.429. The SMILES string of the molecule is CSCCC(NC(=O)C(Cc1ccccc1)NC(=O)C(N)Cc1ccccc1)C(=O)NC(C(=O)O)C(C)C. The minimum Gasteiger partial charge on any atom is -0.480 e. The first-order chi connectivity index (χ1) is 18.1. The summed E-state index contributed by atoms with van der Waals surface area (Å²) in [5, 5.41) is 17.5. The van der Waals surface area contributed by atoms with Gasteiger partial charge in [-0.25, -0.2) is 4.79 Å². The van der Waals surface area contributed by atoms with Crippen molar-refractivity contribution in [2.45, 2.75) is 57.3 Å². The van der Waals surface area contributed by atoms with Crippen molar-refractivity contribution < 1.29 is 24.3 Å². The summed E-state index contributed by atoms with van der Waals surface area (Å²) in [5.74, 6) is -2.55. The van der Waals surface area contributed by atoms with Crippen molar-refractivity contribution in [3.8, 4) is 0 Å². The lowest BCUT2D eigenvalue weighted by Crippen LogP contribution is -2.58. The maximum Gasteiger partial charge on any atom is 0.326 e. The summed E-state index contributed by atoms with van der Waals surface area (Å²) in [6.45, 7) is 3.39. The van der Waals surface area contributed by atoms with E-state index in [2.05, 4.69) is 16.0 Å². The molecule has 206 valence electrons. The molecule has 0 saturated carbocycles. The largest absolute Gasteiger partial charge is 0.480 e. The summed E-state index contributed by atoms with van der Waals surface area (Å²) in [4.78, 5) is 51.0. The van der Waals surface area contributed by atoms with Crippen molar-refractivity contribution in [3.63, 3.8) is 0 Å². The fourth-order valence-corrected chi connectivity index (χ4v) is 4.31. The predicted molar refractivity (Wildman–Crippen MR) is 150 cm³/mol. The number of amides is 3. The van der Waals surface area contributed by atoms with Gasteiger partial charge in [0, 0.05) is 6.42 Å². The average molecular weight is 543 g/mol. The van der Waals surface area contributed by atoms with Crippen LogP contribution in [-0.4, -0.2) is 65.0 Å². The van der Waals surface area contributed by atoms with E-state index >= 15 is 0 Å². The lowest BCUT2D eigenvalue weighted by molar-refractivity contribution is -0.143. The summed E-state index contributed by atoms with van der Waals surface area (Å²) in [6.07, 6.45) is 2.66. The zero-order chi connectivity index (χ0) is 28.1. The molecule has 0 bridgehead atoms. The molecule has 2 aromatic carbocycles. The number of nitrogens with two attached hydrogens (primary N) is 1. The van der Waals surface area contributed by atoms with Crippen molar-refractivity contribution in [2.75, 3.05) is 12.0 Å². The number of carboxylic acids is 1. The Bertz CT molecular complexity index is 1050. The third kappa shape index (κ3) is 10.2. The van der Waals surface area contributed by atoms with Gasteiger partial charge in [0.2, 0.25) is 17.7 Å². The van der Waals surface area contributed by atoms with Crippen LogP contribution in [0.3, 0.4) is 0 Å². The van der Waals surface area contributed by atoms with Crippen molar-refractivity contribution in [1.82, 2.24) is 16.0 Å². The van der Waals surface area contributed by atoms with Crippen LogP contribution in [-0.2, 0) is 32.0 Å². The summed E-state index contributed by atoms with van der Waals surface area (Å²) >= 11 is 1.50. The van der Waals surface area contributed by atoms with Crippen LogP contribution >= 0.6 is 11.8 Å². The molecule has 0 aromatic heterocycles. The van der Waals surface area contributed by atoms with Gasteiger partial charge in [0.25, 0.3) is 0 Å². The second-order valence-electron chi connectivity index (χ2n) is 9.46. The highest BCUT2D eigenvalue weighted by Gasteiger charge is 2.31. The van der Waals surface area contributed by atoms with Gasteiger partial charge in [-0.1, -0.05) is 74.5 Å². The van der Waals surface area contributed by atoms with Gasteiger partial charge in [0.15, 0.2) is 0 Å². The fourth-order valence-electron chi connectivity index (χ4n) is 3.84. The number of thioether (sulfide) groups is 1. The molecule has 38 heavy (non-hydrogen) atoms. The number of aliphatic carboxylic acids is 1. The number of benzene rings is 2. The van der Waals surface area contributed by atoms with Crippen molar-refractivity contribution in [2.24, 2.45) is 11.7 Å². The molecule has 3 amide bonds. The van der Waals surface area contributed by atoms with Gasteiger partial charge in [0.1, 0.15) is 18.1 Å². The standard InChI is InChI=1S/C28H38N4O5S/c1-18(2)24(28(36)37)32-26(34)22(14-15-38-3)30-27(35)23(17-20-12-8-5-9-13-20)31-25(33)21(29)16-19-10-6-4-7-11-19/h4-13,18,21-24H,14-17,29H2,1-3H3,(H,30,35)(H,31,33)(H,32,34)(H,36,37). The smallest absolute Gasteiger partial charge is 0.326 e. The molecule has 0 aliphatic rings. The van der Waals surface area contributed by atoms with Crippen molar-refractivity contribution >= 4 is 35.5 Å². The molecule has 0 saturated heterocycles. The molecule has 0 aliphatic heterocycles. The van der Waals surface area contributed by atoms with E-state index in [-0.39, 0.29) is 12.3 Å². The average Bonchev–Trinajstić information content (AvgIpc) is 2.89. The van der Waals surface area contributed by atoms with Crippen LogP contribution in [0.15, 0.2) is 60.7 Å². The molecule has 4 atom stereocenters. The topological polar surface area (TPSA) is 151 Å². The molecule has 0 radical (unpaired) electrons. The number of rotatable bonds is 15. The first kappa shape index (κ1) is 30.9. The zero-order valence-electron chi connectivity index (χ0n) is 22.1.